The quantitative estimate of drug-likeness (QED) is 0.352. The van der Waals surface area contributed by atoms with Crippen LogP contribution in [0.3, 0.4) is 0 Å². The van der Waals surface area contributed by atoms with Gasteiger partial charge in [-0.15, -0.1) is 0 Å². The molecule has 0 bridgehead atoms. The van der Waals surface area contributed by atoms with Gasteiger partial charge in [-0.2, -0.15) is 0 Å². The van der Waals surface area contributed by atoms with Crippen LogP contribution in [0.4, 0.5) is 5.69 Å². The fraction of sp³-hybridized carbons (Fsp3) is 0.391. The van der Waals surface area contributed by atoms with E-state index in [-0.39, 0.29) is 39.2 Å². The summed E-state index contributed by atoms with van der Waals surface area (Å²) < 4.78 is 27.0. The first-order valence-corrected chi connectivity index (χ1v) is 14.5. The molecule has 0 fully saturated rings. The molecule has 0 saturated carbocycles. The van der Waals surface area contributed by atoms with E-state index in [0.29, 0.717) is 0 Å². The van der Waals surface area contributed by atoms with Crippen molar-refractivity contribution >= 4 is 78.3 Å². The van der Waals surface area contributed by atoms with Gasteiger partial charge in [0, 0.05) is 17.1 Å². The Bertz CT molecular complexity index is 1180. The van der Waals surface area contributed by atoms with Gasteiger partial charge in [0.2, 0.25) is 21.8 Å². The van der Waals surface area contributed by atoms with Gasteiger partial charge in [-0.05, 0) is 50.1 Å². The maximum Gasteiger partial charge on any atom is 0.244 e. The van der Waals surface area contributed by atoms with E-state index in [1.54, 1.807) is 6.92 Å². The van der Waals surface area contributed by atoms with Gasteiger partial charge in [0.15, 0.2) is 0 Å². The van der Waals surface area contributed by atoms with Gasteiger partial charge in [-0.25, -0.2) is 8.42 Å². The van der Waals surface area contributed by atoms with Crippen molar-refractivity contribution in [1.82, 2.24) is 10.2 Å². The summed E-state index contributed by atoms with van der Waals surface area (Å²) in [6.07, 6.45) is 1.67. The average Bonchev–Trinajstić information content (AvgIpc) is 2.78. The van der Waals surface area contributed by atoms with Gasteiger partial charge < -0.3 is 10.2 Å². The lowest BCUT2D eigenvalue weighted by Gasteiger charge is -2.32. The van der Waals surface area contributed by atoms with Crippen LogP contribution < -0.4 is 9.62 Å². The number of nitrogens with one attached hydrogen (secondary N) is 1. The summed E-state index contributed by atoms with van der Waals surface area (Å²) in [6, 6.07) is 8.91. The highest BCUT2D eigenvalue weighted by molar-refractivity contribution is 9.10. The molecule has 2 atom stereocenters. The van der Waals surface area contributed by atoms with Crippen LogP contribution in [0.1, 0.15) is 32.8 Å². The SMILES string of the molecule is CC[C@@H](C)NC(=O)[C@@H](C)N(Cc1ccc(Br)cc1)C(=O)CN(c1cc(Cl)c(Cl)cc1Cl)S(C)(=O)=O. The molecule has 2 rings (SSSR count). The molecule has 2 aromatic rings. The average molecular weight is 628 g/mol. The number of carbonyl (C=O) groups is 2. The molecule has 7 nitrogen and oxygen atoms in total. The van der Waals surface area contributed by atoms with E-state index >= 15 is 0 Å². The summed E-state index contributed by atoms with van der Waals surface area (Å²) in [4.78, 5) is 27.8. The first-order valence-electron chi connectivity index (χ1n) is 10.7. The lowest BCUT2D eigenvalue weighted by Crippen LogP contribution is -2.52. The zero-order valence-electron chi connectivity index (χ0n) is 19.7. The van der Waals surface area contributed by atoms with Gasteiger partial charge in [0.05, 0.1) is 27.0 Å². The zero-order chi connectivity index (χ0) is 26.5. The number of nitrogens with zero attached hydrogens (tertiary/aromatic N) is 2. The number of amides is 2. The van der Waals surface area contributed by atoms with E-state index in [1.165, 1.54) is 17.0 Å². The second-order valence-corrected chi connectivity index (χ2v) is 12.2. The second-order valence-electron chi connectivity index (χ2n) is 8.13. The van der Waals surface area contributed by atoms with E-state index in [1.807, 2.05) is 38.1 Å². The van der Waals surface area contributed by atoms with E-state index in [4.69, 9.17) is 34.8 Å². The molecule has 0 aliphatic carbocycles. The van der Waals surface area contributed by atoms with Crippen LogP contribution in [-0.4, -0.2) is 50.0 Å². The molecule has 35 heavy (non-hydrogen) atoms. The highest BCUT2D eigenvalue weighted by Gasteiger charge is 2.31. The van der Waals surface area contributed by atoms with Crippen molar-refractivity contribution in [2.75, 3.05) is 17.1 Å². The van der Waals surface area contributed by atoms with Gasteiger partial charge >= 0.3 is 0 Å². The van der Waals surface area contributed by atoms with Crippen LogP contribution in [0.5, 0.6) is 0 Å². The Hall–Kier alpha value is -1.52. The van der Waals surface area contributed by atoms with E-state index < -0.39 is 28.5 Å². The van der Waals surface area contributed by atoms with Gasteiger partial charge in [-0.3, -0.25) is 13.9 Å². The van der Waals surface area contributed by atoms with Crippen molar-refractivity contribution in [2.45, 2.75) is 45.8 Å². The standard InChI is InChI=1S/C23H27BrCl3N3O4S/c1-5-14(2)28-23(32)15(3)29(12-16-6-8-17(24)9-7-16)22(31)13-30(35(4,33)34)21-11-19(26)18(25)10-20(21)27/h6-11,14-15H,5,12-13H2,1-4H3,(H,28,32)/t14-,15-/m1/s1. The predicted molar refractivity (Wildman–Crippen MR) is 146 cm³/mol. The molecule has 192 valence electrons. The Morgan fingerprint density at radius 3 is 2.14 bits per heavy atom. The van der Waals surface area contributed by atoms with Crippen LogP contribution in [0.25, 0.3) is 0 Å². The van der Waals surface area contributed by atoms with Crippen molar-refractivity contribution in [3.8, 4) is 0 Å². The third kappa shape index (κ3) is 8.25. The van der Waals surface area contributed by atoms with Gasteiger partial charge in [0.25, 0.3) is 0 Å². The Kier molecular flexibility index (Phi) is 10.7. The smallest absolute Gasteiger partial charge is 0.244 e. The van der Waals surface area contributed by atoms with E-state index in [2.05, 4.69) is 21.2 Å². The molecule has 12 heteroatoms. The lowest BCUT2D eigenvalue weighted by molar-refractivity contribution is -0.139. The molecule has 2 amide bonds. The largest absolute Gasteiger partial charge is 0.352 e. The molecular formula is C23H27BrCl3N3O4S. The monoisotopic (exact) mass is 625 g/mol. The second kappa shape index (κ2) is 12.6. The number of benzene rings is 2. The highest BCUT2D eigenvalue weighted by Crippen LogP contribution is 2.35. The fourth-order valence-corrected chi connectivity index (χ4v) is 4.94. The Balaban J connectivity index is 2.45. The summed E-state index contributed by atoms with van der Waals surface area (Å²) in [7, 11) is -3.95. The minimum absolute atomic E-state index is 0.0113. The van der Waals surface area contributed by atoms with Gasteiger partial charge in [0.1, 0.15) is 12.6 Å². The van der Waals surface area contributed by atoms with Crippen LogP contribution >= 0.6 is 50.7 Å². The summed E-state index contributed by atoms with van der Waals surface area (Å²) in [5.41, 5.74) is 0.778. The number of halogens is 4. The lowest BCUT2D eigenvalue weighted by atomic mass is 10.1. The maximum atomic E-state index is 13.5. The summed E-state index contributed by atoms with van der Waals surface area (Å²) in [5.74, 6) is -0.935. The summed E-state index contributed by atoms with van der Waals surface area (Å²) in [5, 5.41) is 3.12. The molecule has 0 radical (unpaired) electrons. The Labute approximate surface area is 229 Å². The number of carbonyl (C=O) groups excluding carboxylic acids is 2. The van der Waals surface area contributed by atoms with Crippen LogP contribution in [0, 0.1) is 0 Å². The molecule has 0 unspecified atom stereocenters. The van der Waals surface area contributed by atoms with Crippen LogP contribution in [-0.2, 0) is 26.2 Å². The predicted octanol–water partition coefficient (Wildman–Crippen LogP) is 5.51. The van der Waals surface area contributed by atoms with Crippen molar-refractivity contribution < 1.29 is 18.0 Å². The van der Waals surface area contributed by atoms with Gasteiger partial charge in [-0.1, -0.05) is 69.8 Å². The van der Waals surface area contributed by atoms with Crippen LogP contribution in [0.15, 0.2) is 40.9 Å². The Morgan fingerprint density at radius 1 is 1.03 bits per heavy atom. The number of anilines is 1. The number of rotatable bonds is 10. The number of sulfonamides is 1. The molecule has 2 aromatic carbocycles. The van der Waals surface area contributed by atoms with E-state index in [9.17, 15) is 18.0 Å². The number of hydrogen-bond donors (Lipinski definition) is 1. The van der Waals surface area contributed by atoms with Crippen molar-refractivity contribution in [3.05, 3.63) is 61.5 Å². The molecule has 0 aromatic heterocycles. The van der Waals surface area contributed by atoms with Crippen LogP contribution in [0.2, 0.25) is 15.1 Å². The molecule has 0 heterocycles. The molecule has 0 saturated heterocycles. The van der Waals surface area contributed by atoms with E-state index in [0.717, 1.165) is 27.0 Å². The Morgan fingerprint density at radius 2 is 1.60 bits per heavy atom. The summed E-state index contributed by atoms with van der Waals surface area (Å²) >= 11 is 21.7. The minimum atomic E-state index is -3.95. The molecule has 0 aliphatic heterocycles. The first-order chi connectivity index (χ1) is 16.2. The molecular weight excluding hydrogens is 601 g/mol. The maximum absolute atomic E-state index is 13.5. The normalized spacial score (nSPS) is 13.1. The zero-order valence-corrected chi connectivity index (χ0v) is 24.4. The van der Waals surface area contributed by atoms with Crippen molar-refractivity contribution in [2.24, 2.45) is 0 Å². The summed E-state index contributed by atoms with van der Waals surface area (Å²) in [6.45, 7) is 4.90. The third-order valence-corrected chi connectivity index (χ3v) is 8.05. The van der Waals surface area contributed by atoms with Crippen molar-refractivity contribution in [3.63, 3.8) is 0 Å². The molecule has 0 aliphatic rings. The minimum Gasteiger partial charge on any atom is -0.352 e. The number of hydrogen-bond acceptors (Lipinski definition) is 4. The molecule has 1 N–H and O–H groups in total. The topological polar surface area (TPSA) is 86.8 Å². The fourth-order valence-electron chi connectivity index (χ4n) is 3.13. The third-order valence-electron chi connectivity index (χ3n) is 5.37. The first kappa shape index (κ1) is 29.7. The molecule has 0 spiro atoms. The highest BCUT2D eigenvalue weighted by atomic mass is 79.9. The van der Waals surface area contributed by atoms with Crippen molar-refractivity contribution in [1.29, 1.82) is 0 Å².